The van der Waals surface area contributed by atoms with E-state index >= 15 is 0 Å². The molecule has 0 bridgehead atoms. The molecule has 2 aliphatic rings. The lowest BCUT2D eigenvalue weighted by atomic mass is 9.88. The van der Waals surface area contributed by atoms with Gasteiger partial charge in [-0.05, 0) is 37.8 Å². The summed E-state index contributed by atoms with van der Waals surface area (Å²) in [6, 6.07) is 7.20. The first-order valence-corrected chi connectivity index (χ1v) is 9.04. The standard InChI is InChI=1S/C19H26N2O3/c22-18(14-7-2-1-3-8-14)21-17-11-5-4-10-16(17)19(23)20-13-15-9-6-12-24-15/h4-5,10-11,14-15H,1-3,6-9,12-13H2,(H,20,23)(H,21,22). The van der Waals surface area contributed by atoms with Crippen molar-refractivity contribution in [2.45, 2.75) is 51.0 Å². The number of ether oxygens (including phenoxy) is 1. The van der Waals surface area contributed by atoms with Gasteiger partial charge in [0, 0.05) is 19.1 Å². The molecule has 1 aromatic rings. The molecule has 5 heteroatoms. The second-order valence-electron chi connectivity index (χ2n) is 6.71. The highest BCUT2D eigenvalue weighted by Crippen LogP contribution is 2.25. The Morgan fingerprint density at radius 2 is 1.83 bits per heavy atom. The van der Waals surface area contributed by atoms with E-state index in [2.05, 4.69) is 10.6 Å². The summed E-state index contributed by atoms with van der Waals surface area (Å²) < 4.78 is 5.53. The van der Waals surface area contributed by atoms with E-state index in [4.69, 9.17) is 4.74 Å². The van der Waals surface area contributed by atoms with Gasteiger partial charge in [-0.15, -0.1) is 0 Å². The summed E-state index contributed by atoms with van der Waals surface area (Å²) in [4.78, 5) is 24.9. The number of carbonyl (C=O) groups is 2. The number of carbonyl (C=O) groups excluding carboxylic acids is 2. The summed E-state index contributed by atoms with van der Waals surface area (Å²) in [6.45, 7) is 1.29. The molecule has 24 heavy (non-hydrogen) atoms. The molecule has 1 unspecified atom stereocenters. The molecule has 1 aromatic carbocycles. The molecular weight excluding hydrogens is 304 g/mol. The Kier molecular flexibility index (Phi) is 5.86. The first-order valence-electron chi connectivity index (χ1n) is 9.04. The number of hydrogen-bond acceptors (Lipinski definition) is 3. The quantitative estimate of drug-likeness (QED) is 0.872. The number of amides is 2. The zero-order valence-corrected chi connectivity index (χ0v) is 14.1. The Balaban J connectivity index is 1.61. The van der Waals surface area contributed by atoms with Crippen molar-refractivity contribution in [3.63, 3.8) is 0 Å². The maximum Gasteiger partial charge on any atom is 0.253 e. The van der Waals surface area contributed by atoms with Crippen LogP contribution in [0, 0.1) is 5.92 Å². The van der Waals surface area contributed by atoms with E-state index in [1.807, 2.05) is 12.1 Å². The van der Waals surface area contributed by atoms with E-state index in [1.54, 1.807) is 12.1 Å². The second kappa shape index (κ2) is 8.29. The van der Waals surface area contributed by atoms with Gasteiger partial charge in [0.15, 0.2) is 0 Å². The summed E-state index contributed by atoms with van der Waals surface area (Å²) >= 11 is 0. The van der Waals surface area contributed by atoms with Gasteiger partial charge < -0.3 is 15.4 Å². The molecule has 5 nitrogen and oxygen atoms in total. The molecule has 0 radical (unpaired) electrons. The van der Waals surface area contributed by atoms with Gasteiger partial charge in [0.05, 0.1) is 17.4 Å². The maximum absolute atomic E-state index is 12.5. The minimum absolute atomic E-state index is 0.0362. The molecule has 130 valence electrons. The van der Waals surface area contributed by atoms with Crippen molar-refractivity contribution in [1.29, 1.82) is 0 Å². The van der Waals surface area contributed by atoms with Crippen molar-refractivity contribution < 1.29 is 14.3 Å². The highest BCUT2D eigenvalue weighted by atomic mass is 16.5. The van der Waals surface area contributed by atoms with Crippen LogP contribution in [0.4, 0.5) is 5.69 Å². The molecule has 2 fully saturated rings. The van der Waals surface area contributed by atoms with Crippen LogP contribution in [0.25, 0.3) is 0 Å². The van der Waals surface area contributed by atoms with Gasteiger partial charge in [-0.1, -0.05) is 31.4 Å². The van der Waals surface area contributed by atoms with Crippen molar-refractivity contribution in [2.24, 2.45) is 5.92 Å². The van der Waals surface area contributed by atoms with Crippen molar-refractivity contribution in [3.8, 4) is 0 Å². The average Bonchev–Trinajstić information content (AvgIpc) is 3.14. The topological polar surface area (TPSA) is 67.4 Å². The Morgan fingerprint density at radius 1 is 1.04 bits per heavy atom. The zero-order chi connectivity index (χ0) is 16.8. The molecule has 1 saturated heterocycles. The molecule has 0 aromatic heterocycles. The van der Waals surface area contributed by atoms with E-state index < -0.39 is 0 Å². The van der Waals surface area contributed by atoms with Crippen LogP contribution < -0.4 is 10.6 Å². The zero-order valence-electron chi connectivity index (χ0n) is 14.1. The van der Waals surface area contributed by atoms with Gasteiger partial charge in [0.2, 0.25) is 5.91 Å². The highest BCUT2D eigenvalue weighted by molar-refractivity contribution is 6.04. The summed E-state index contributed by atoms with van der Waals surface area (Å²) in [5.74, 6) is -0.0547. The third kappa shape index (κ3) is 4.35. The van der Waals surface area contributed by atoms with Gasteiger partial charge in [-0.3, -0.25) is 9.59 Å². The predicted molar refractivity (Wildman–Crippen MR) is 93.0 cm³/mol. The van der Waals surface area contributed by atoms with Crippen LogP contribution in [0.5, 0.6) is 0 Å². The van der Waals surface area contributed by atoms with Crippen LogP contribution >= 0.6 is 0 Å². The Morgan fingerprint density at radius 3 is 2.58 bits per heavy atom. The van der Waals surface area contributed by atoms with Crippen molar-refractivity contribution in [1.82, 2.24) is 5.32 Å². The van der Waals surface area contributed by atoms with Gasteiger partial charge in [0.25, 0.3) is 5.91 Å². The van der Waals surface area contributed by atoms with Crippen LogP contribution in [0.2, 0.25) is 0 Å². The van der Waals surface area contributed by atoms with E-state index in [9.17, 15) is 9.59 Å². The third-order valence-electron chi connectivity index (χ3n) is 4.92. The number of rotatable bonds is 5. The summed E-state index contributed by atoms with van der Waals surface area (Å²) in [7, 11) is 0. The fraction of sp³-hybridized carbons (Fsp3) is 0.579. The smallest absolute Gasteiger partial charge is 0.253 e. The van der Waals surface area contributed by atoms with Crippen molar-refractivity contribution >= 4 is 17.5 Å². The Hall–Kier alpha value is -1.88. The third-order valence-corrected chi connectivity index (χ3v) is 4.92. The molecule has 1 atom stereocenters. The van der Waals surface area contributed by atoms with Crippen molar-refractivity contribution in [3.05, 3.63) is 29.8 Å². The molecule has 1 heterocycles. The summed E-state index contributed by atoms with van der Waals surface area (Å²) in [6.07, 6.45) is 7.47. The molecule has 1 aliphatic carbocycles. The lowest BCUT2D eigenvalue weighted by molar-refractivity contribution is -0.120. The number of hydrogen-bond donors (Lipinski definition) is 2. The summed E-state index contributed by atoms with van der Waals surface area (Å²) in [5.41, 5.74) is 1.11. The van der Waals surface area contributed by atoms with E-state index in [-0.39, 0.29) is 23.8 Å². The van der Waals surface area contributed by atoms with Crippen LogP contribution in [0.3, 0.4) is 0 Å². The second-order valence-corrected chi connectivity index (χ2v) is 6.71. The molecular formula is C19H26N2O3. The summed E-state index contributed by atoms with van der Waals surface area (Å²) in [5, 5.41) is 5.88. The fourth-order valence-corrected chi connectivity index (χ4v) is 3.50. The van der Waals surface area contributed by atoms with E-state index in [1.165, 1.54) is 6.42 Å². The largest absolute Gasteiger partial charge is 0.376 e. The molecule has 3 rings (SSSR count). The molecule has 1 aliphatic heterocycles. The minimum Gasteiger partial charge on any atom is -0.376 e. The van der Waals surface area contributed by atoms with Gasteiger partial charge >= 0.3 is 0 Å². The van der Waals surface area contributed by atoms with E-state index in [0.717, 1.165) is 45.1 Å². The average molecular weight is 330 g/mol. The number of nitrogens with one attached hydrogen (secondary N) is 2. The van der Waals surface area contributed by atoms with Crippen LogP contribution in [-0.2, 0) is 9.53 Å². The molecule has 2 N–H and O–H groups in total. The van der Waals surface area contributed by atoms with Crippen LogP contribution in [0.15, 0.2) is 24.3 Å². The number of para-hydroxylation sites is 1. The first kappa shape index (κ1) is 17.0. The van der Waals surface area contributed by atoms with Gasteiger partial charge in [0.1, 0.15) is 0 Å². The number of benzene rings is 1. The first-order chi connectivity index (χ1) is 11.7. The van der Waals surface area contributed by atoms with Crippen LogP contribution in [-0.4, -0.2) is 31.1 Å². The lowest BCUT2D eigenvalue weighted by Gasteiger charge is -2.21. The van der Waals surface area contributed by atoms with Crippen LogP contribution in [0.1, 0.15) is 55.3 Å². The number of anilines is 1. The normalized spacial score (nSPS) is 21.4. The van der Waals surface area contributed by atoms with Crippen molar-refractivity contribution in [2.75, 3.05) is 18.5 Å². The molecule has 1 saturated carbocycles. The maximum atomic E-state index is 12.5. The molecule has 0 spiro atoms. The molecule has 2 amide bonds. The fourth-order valence-electron chi connectivity index (χ4n) is 3.50. The highest BCUT2D eigenvalue weighted by Gasteiger charge is 2.23. The minimum atomic E-state index is -0.162. The van der Waals surface area contributed by atoms with Gasteiger partial charge in [-0.25, -0.2) is 0 Å². The SMILES string of the molecule is O=C(NCC1CCCO1)c1ccccc1NC(=O)C1CCCCC1. The van der Waals surface area contributed by atoms with E-state index in [0.29, 0.717) is 17.8 Å². The van der Waals surface area contributed by atoms with Gasteiger partial charge in [-0.2, -0.15) is 0 Å². The Labute approximate surface area is 143 Å². The monoisotopic (exact) mass is 330 g/mol. The lowest BCUT2D eigenvalue weighted by Crippen LogP contribution is -2.33. The predicted octanol–water partition coefficient (Wildman–Crippen LogP) is 3.11. The Bertz CT molecular complexity index is 576.